The molecule has 0 saturated carbocycles. The molecule has 174 valence electrons. The number of fused-ring (bicyclic) bond motifs is 1. The SMILES string of the molecule is C=S(C)(=O)Nc1cc(C)c2c(Nc3ccc(F)cc3OC3C=CC(OC)OC3)ncnc2c1. The maximum absolute atomic E-state index is 14.0. The van der Waals surface area contributed by atoms with E-state index in [0.29, 0.717) is 28.5 Å². The predicted molar refractivity (Wildman–Crippen MR) is 129 cm³/mol. The quantitative estimate of drug-likeness (QED) is 0.399. The van der Waals surface area contributed by atoms with Crippen LogP contribution in [0, 0.1) is 12.7 Å². The topological polar surface area (TPSA) is 94.6 Å². The lowest BCUT2D eigenvalue weighted by Crippen LogP contribution is -2.29. The Hall–Kier alpha value is -3.21. The monoisotopic (exact) mass is 472 g/mol. The zero-order valence-electron chi connectivity index (χ0n) is 18.5. The van der Waals surface area contributed by atoms with Gasteiger partial charge in [-0.05, 0) is 54.8 Å². The van der Waals surface area contributed by atoms with Crippen LogP contribution in [0.25, 0.3) is 10.9 Å². The minimum Gasteiger partial charge on any atom is -0.482 e. The molecule has 3 atom stereocenters. The molecule has 0 fully saturated rings. The van der Waals surface area contributed by atoms with Gasteiger partial charge in [-0.3, -0.25) is 0 Å². The van der Waals surface area contributed by atoms with Crippen molar-refractivity contribution in [3.63, 3.8) is 0 Å². The van der Waals surface area contributed by atoms with Crippen LogP contribution in [-0.4, -0.2) is 52.4 Å². The van der Waals surface area contributed by atoms with E-state index in [1.165, 1.54) is 24.7 Å². The molecule has 3 aromatic rings. The number of anilines is 3. The van der Waals surface area contributed by atoms with E-state index in [4.69, 9.17) is 14.2 Å². The lowest BCUT2D eigenvalue weighted by Gasteiger charge is -2.24. The second-order valence-electron chi connectivity index (χ2n) is 7.76. The summed E-state index contributed by atoms with van der Waals surface area (Å²) in [7, 11) is -0.882. The van der Waals surface area contributed by atoms with Crippen LogP contribution in [0.15, 0.2) is 48.8 Å². The summed E-state index contributed by atoms with van der Waals surface area (Å²) in [5.41, 5.74) is 2.70. The molecule has 10 heteroatoms. The van der Waals surface area contributed by atoms with E-state index < -0.39 is 27.9 Å². The Bertz CT molecular complexity index is 1310. The second kappa shape index (κ2) is 9.34. The van der Waals surface area contributed by atoms with E-state index in [9.17, 15) is 8.60 Å². The number of benzene rings is 2. The average molecular weight is 473 g/mol. The molecule has 2 heterocycles. The van der Waals surface area contributed by atoms with Crippen LogP contribution in [-0.2, 0) is 19.2 Å². The van der Waals surface area contributed by atoms with Gasteiger partial charge in [-0.25, -0.2) is 18.6 Å². The summed E-state index contributed by atoms with van der Waals surface area (Å²) in [6.07, 6.45) is 5.69. The molecule has 0 saturated heterocycles. The molecule has 1 aromatic heterocycles. The number of nitrogens with one attached hydrogen (secondary N) is 2. The smallest absolute Gasteiger partial charge is 0.176 e. The van der Waals surface area contributed by atoms with Gasteiger partial charge in [0.2, 0.25) is 0 Å². The number of ether oxygens (including phenoxy) is 3. The van der Waals surface area contributed by atoms with Crippen LogP contribution in [0.2, 0.25) is 0 Å². The first-order valence-corrected chi connectivity index (χ1v) is 12.3. The molecule has 3 unspecified atom stereocenters. The highest BCUT2D eigenvalue weighted by atomic mass is 32.2. The molecule has 0 bridgehead atoms. The van der Waals surface area contributed by atoms with Gasteiger partial charge >= 0.3 is 0 Å². The lowest BCUT2D eigenvalue weighted by atomic mass is 10.1. The fraction of sp³-hybridized carbons (Fsp3) is 0.261. The molecule has 1 aliphatic rings. The first-order valence-electron chi connectivity index (χ1n) is 10.1. The van der Waals surface area contributed by atoms with Gasteiger partial charge in [-0.15, -0.1) is 0 Å². The van der Waals surface area contributed by atoms with Crippen molar-refractivity contribution < 1.29 is 22.8 Å². The molecule has 2 N–H and O–H groups in total. The molecule has 2 aromatic carbocycles. The number of hydrogen-bond acceptors (Lipinski definition) is 7. The number of rotatable bonds is 7. The highest BCUT2D eigenvalue weighted by Gasteiger charge is 2.19. The summed E-state index contributed by atoms with van der Waals surface area (Å²) in [6.45, 7) is 2.17. The van der Waals surface area contributed by atoms with E-state index in [1.54, 1.807) is 25.3 Å². The third-order valence-corrected chi connectivity index (χ3v) is 5.55. The zero-order valence-corrected chi connectivity index (χ0v) is 19.3. The highest BCUT2D eigenvalue weighted by molar-refractivity contribution is 8.00. The van der Waals surface area contributed by atoms with Crippen molar-refractivity contribution in [3.05, 3.63) is 60.2 Å². The molecule has 0 aliphatic carbocycles. The zero-order chi connectivity index (χ0) is 23.6. The third-order valence-electron chi connectivity index (χ3n) is 4.88. The maximum atomic E-state index is 14.0. The van der Waals surface area contributed by atoms with E-state index in [2.05, 4.69) is 25.9 Å². The Balaban J connectivity index is 1.66. The van der Waals surface area contributed by atoms with Crippen molar-refractivity contribution in [2.45, 2.75) is 19.3 Å². The van der Waals surface area contributed by atoms with Gasteiger partial charge in [0, 0.05) is 40.2 Å². The van der Waals surface area contributed by atoms with E-state index >= 15 is 0 Å². The summed E-state index contributed by atoms with van der Waals surface area (Å²) in [4.78, 5) is 8.73. The van der Waals surface area contributed by atoms with E-state index in [1.807, 2.05) is 19.1 Å². The van der Waals surface area contributed by atoms with Crippen LogP contribution in [0.4, 0.5) is 21.6 Å². The molecule has 33 heavy (non-hydrogen) atoms. The number of methoxy groups -OCH3 is 1. The Morgan fingerprint density at radius 3 is 2.76 bits per heavy atom. The summed E-state index contributed by atoms with van der Waals surface area (Å²) < 4.78 is 45.6. The van der Waals surface area contributed by atoms with Crippen molar-refractivity contribution in [1.82, 2.24) is 9.97 Å². The number of hydrogen-bond donors (Lipinski definition) is 2. The van der Waals surface area contributed by atoms with Crippen LogP contribution < -0.4 is 14.8 Å². The van der Waals surface area contributed by atoms with Gasteiger partial charge in [-0.2, -0.15) is 0 Å². The van der Waals surface area contributed by atoms with Crippen LogP contribution >= 0.6 is 0 Å². The molecule has 0 spiro atoms. The summed E-state index contributed by atoms with van der Waals surface area (Å²) in [5.74, 6) is 4.04. The number of aromatic nitrogens is 2. The number of halogens is 1. The standard InChI is InChI=1S/C23H25FN4O4S/c1-14-9-16(28-33(3,4)29)11-19-22(14)23(26-13-25-19)27-18-7-5-15(24)10-20(18)32-17-6-8-21(30-2)31-12-17/h5-11,13,17,21H,3,12H2,1-2,4H3,(H,28,29)(H,25,26,27). The molecule has 1 aliphatic heterocycles. The van der Waals surface area contributed by atoms with E-state index in [0.717, 1.165) is 10.9 Å². The van der Waals surface area contributed by atoms with Crippen molar-refractivity contribution >= 4 is 43.7 Å². The summed E-state index contributed by atoms with van der Waals surface area (Å²) >= 11 is 0. The van der Waals surface area contributed by atoms with Crippen LogP contribution in [0.3, 0.4) is 0 Å². The average Bonchev–Trinajstić information content (AvgIpc) is 2.75. The Kier molecular flexibility index (Phi) is 6.50. The fourth-order valence-electron chi connectivity index (χ4n) is 3.52. The molecule has 0 amide bonds. The summed E-state index contributed by atoms with van der Waals surface area (Å²) in [6, 6.07) is 7.87. The lowest BCUT2D eigenvalue weighted by molar-refractivity contribution is -0.112. The molecule has 0 radical (unpaired) electrons. The van der Waals surface area contributed by atoms with Gasteiger partial charge in [0.1, 0.15) is 29.8 Å². The Morgan fingerprint density at radius 2 is 2.06 bits per heavy atom. The minimum atomic E-state index is -2.44. The van der Waals surface area contributed by atoms with Crippen LogP contribution in [0.5, 0.6) is 5.75 Å². The van der Waals surface area contributed by atoms with Gasteiger partial charge in [-0.1, -0.05) is 0 Å². The molecular weight excluding hydrogens is 447 g/mol. The third kappa shape index (κ3) is 5.59. The van der Waals surface area contributed by atoms with E-state index in [-0.39, 0.29) is 6.61 Å². The first-order chi connectivity index (χ1) is 15.7. The highest BCUT2D eigenvalue weighted by Crippen LogP contribution is 2.34. The van der Waals surface area contributed by atoms with Crippen molar-refractivity contribution in [3.8, 4) is 5.75 Å². The van der Waals surface area contributed by atoms with Crippen molar-refractivity contribution in [1.29, 1.82) is 0 Å². The predicted octanol–water partition coefficient (Wildman–Crippen LogP) is 3.80. The first kappa shape index (κ1) is 23.0. The molecule has 4 rings (SSSR count). The van der Waals surface area contributed by atoms with Gasteiger partial charge in [0.05, 0.1) is 17.8 Å². The van der Waals surface area contributed by atoms with Crippen molar-refractivity contribution in [2.75, 3.05) is 30.0 Å². The second-order valence-corrected chi connectivity index (χ2v) is 9.97. The summed E-state index contributed by atoms with van der Waals surface area (Å²) in [5, 5.41) is 4.01. The molecular formula is C23H25FN4O4S. The largest absolute Gasteiger partial charge is 0.482 e. The fourth-order valence-corrected chi connectivity index (χ4v) is 4.13. The van der Waals surface area contributed by atoms with Crippen LogP contribution in [0.1, 0.15) is 5.56 Å². The normalized spacial score (nSPS) is 19.8. The number of aryl methyl sites for hydroxylation is 1. The minimum absolute atomic E-state index is 0.267. The Labute approximate surface area is 191 Å². The number of nitrogens with zero attached hydrogens (tertiary/aromatic N) is 2. The van der Waals surface area contributed by atoms with Crippen molar-refractivity contribution in [2.24, 2.45) is 0 Å². The van der Waals surface area contributed by atoms with Gasteiger partial charge < -0.3 is 24.2 Å². The van der Waals surface area contributed by atoms with Gasteiger partial charge in [0.25, 0.3) is 0 Å². The van der Waals surface area contributed by atoms with Gasteiger partial charge in [0.15, 0.2) is 6.29 Å². The Morgan fingerprint density at radius 1 is 1.24 bits per heavy atom. The maximum Gasteiger partial charge on any atom is 0.176 e. The molecule has 8 nitrogen and oxygen atoms in total.